The molecule has 38 heavy (non-hydrogen) atoms. The quantitative estimate of drug-likeness (QED) is 0.341. The van der Waals surface area contributed by atoms with Crippen LogP contribution in [-0.4, -0.2) is 47.4 Å². The first-order valence-electron chi connectivity index (χ1n) is 13.6. The molecule has 4 rings (SSSR count). The van der Waals surface area contributed by atoms with Crippen LogP contribution in [0.3, 0.4) is 0 Å². The number of benzene rings is 2. The monoisotopic (exact) mass is 515 g/mol. The normalized spacial score (nSPS) is 16.7. The van der Waals surface area contributed by atoms with E-state index < -0.39 is 18.4 Å². The molecule has 0 saturated heterocycles. The van der Waals surface area contributed by atoms with Gasteiger partial charge >= 0.3 is 0 Å². The van der Waals surface area contributed by atoms with Gasteiger partial charge in [-0.3, -0.25) is 14.4 Å². The van der Waals surface area contributed by atoms with Gasteiger partial charge in [0.1, 0.15) is 12.6 Å². The minimum absolute atomic E-state index is 0.0518. The summed E-state index contributed by atoms with van der Waals surface area (Å²) in [5.41, 5.74) is 2.75. The van der Waals surface area contributed by atoms with Crippen LogP contribution in [0.5, 0.6) is 0 Å². The molecule has 2 amide bonds. The molecule has 2 aliphatic rings. The summed E-state index contributed by atoms with van der Waals surface area (Å²) in [6.07, 6.45) is 8.60. The Hall–Kier alpha value is -3.47. The van der Waals surface area contributed by atoms with Crippen molar-refractivity contribution in [3.63, 3.8) is 0 Å². The molecule has 2 atom stereocenters. The average molecular weight is 516 g/mol. The summed E-state index contributed by atoms with van der Waals surface area (Å²) in [6.45, 7) is 1.23. The number of rotatable bonds is 11. The molecule has 2 fully saturated rings. The number of nitrogens with one attached hydrogen (secondary N) is 3. The maximum atomic E-state index is 12.8. The van der Waals surface area contributed by atoms with Crippen molar-refractivity contribution in [2.24, 2.45) is 5.92 Å². The Labute approximate surface area is 224 Å². The molecule has 0 radical (unpaired) electrons. The Bertz CT molecular complexity index is 1170. The van der Waals surface area contributed by atoms with Crippen LogP contribution >= 0.6 is 0 Å². The van der Waals surface area contributed by atoms with Gasteiger partial charge in [0.2, 0.25) is 5.91 Å². The fourth-order valence-electron chi connectivity index (χ4n) is 4.68. The lowest BCUT2D eigenvalue weighted by Crippen LogP contribution is -2.56. The van der Waals surface area contributed by atoms with Crippen molar-refractivity contribution in [3.8, 4) is 11.8 Å². The van der Waals surface area contributed by atoms with Gasteiger partial charge in [-0.15, -0.1) is 0 Å². The highest BCUT2D eigenvalue weighted by molar-refractivity contribution is 5.98. The number of carbonyl (C=O) groups is 3. The van der Waals surface area contributed by atoms with Crippen molar-refractivity contribution >= 4 is 23.3 Å². The minimum atomic E-state index is -0.803. The summed E-state index contributed by atoms with van der Waals surface area (Å²) in [4.78, 5) is 37.2. The SMILES string of the molecule is CC(NC1CCC1)C(NC(=O)c1ccc(C#Cc2ccc(NC(=O)CCC3CCC3)cc2)cc1)C(=O)CO. The van der Waals surface area contributed by atoms with Gasteiger partial charge in [-0.1, -0.05) is 37.5 Å². The zero-order valence-corrected chi connectivity index (χ0v) is 22.0. The van der Waals surface area contributed by atoms with Gasteiger partial charge in [0.05, 0.1) is 0 Å². The third-order valence-electron chi connectivity index (χ3n) is 7.56. The molecule has 0 bridgehead atoms. The van der Waals surface area contributed by atoms with E-state index in [9.17, 15) is 19.5 Å². The number of aliphatic hydroxyl groups is 1. The molecule has 2 aliphatic carbocycles. The Kier molecular flexibility index (Phi) is 9.69. The predicted octanol–water partition coefficient (Wildman–Crippen LogP) is 3.80. The minimum Gasteiger partial charge on any atom is -0.388 e. The van der Waals surface area contributed by atoms with Gasteiger partial charge in [-0.2, -0.15) is 0 Å². The Morgan fingerprint density at radius 3 is 2.05 bits per heavy atom. The standard InChI is InChI=1S/C31H37N3O4/c1-21(32-26-6-3-7-26)30(28(36)20-35)34-31(38)25-15-10-23(11-16-25)8-9-24-12-17-27(18-13-24)33-29(37)19-14-22-4-2-5-22/h10-13,15-18,21-22,26,30,32,35H,2-7,14,19-20H2,1H3,(H,33,37)(H,34,38). The van der Waals surface area contributed by atoms with Crippen LogP contribution < -0.4 is 16.0 Å². The molecule has 2 unspecified atom stereocenters. The van der Waals surface area contributed by atoms with E-state index in [0.29, 0.717) is 18.0 Å². The lowest BCUT2D eigenvalue weighted by atomic mass is 9.82. The van der Waals surface area contributed by atoms with E-state index in [4.69, 9.17) is 0 Å². The van der Waals surface area contributed by atoms with E-state index >= 15 is 0 Å². The summed E-state index contributed by atoms with van der Waals surface area (Å²) in [7, 11) is 0. The van der Waals surface area contributed by atoms with E-state index in [0.717, 1.165) is 48.4 Å². The van der Waals surface area contributed by atoms with Crippen LogP contribution in [0, 0.1) is 17.8 Å². The van der Waals surface area contributed by atoms with Gasteiger partial charge in [0.15, 0.2) is 5.78 Å². The van der Waals surface area contributed by atoms with Gasteiger partial charge in [0.25, 0.3) is 5.91 Å². The second-order valence-corrected chi connectivity index (χ2v) is 10.4. The Morgan fingerprint density at radius 1 is 0.921 bits per heavy atom. The third kappa shape index (κ3) is 7.77. The fourth-order valence-corrected chi connectivity index (χ4v) is 4.68. The van der Waals surface area contributed by atoms with Crippen molar-refractivity contribution in [1.29, 1.82) is 0 Å². The number of ketones is 1. The van der Waals surface area contributed by atoms with Crippen molar-refractivity contribution in [1.82, 2.24) is 10.6 Å². The van der Waals surface area contributed by atoms with Crippen LogP contribution in [0.25, 0.3) is 0 Å². The Morgan fingerprint density at radius 2 is 1.53 bits per heavy atom. The molecule has 7 nitrogen and oxygen atoms in total. The average Bonchev–Trinajstić information content (AvgIpc) is 2.87. The van der Waals surface area contributed by atoms with Gasteiger partial charge in [-0.05, 0) is 80.6 Å². The van der Waals surface area contributed by atoms with E-state index in [1.807, 2.05) is 31.2 Å². The first kappa shape index (κ1) is 27.6. The lowest BCUT2D eigenvalue weighted by molar-refractivity contribution is -0.124. The van der Waals surface area contributed by atoms with Crippen molar-refractivity contribution < 1.29 is 19.5 Å². The van der Waals surface area contributed by atoms with Crippen LogP contribution in [0.15, 0.2) is 48.5 Å². The Balaban J connectivity index is 1.29. The molecule has 7 heteroatoms. The van der Waals surface area contributed by atoms with Crippen LogP contribution in [0.1, 0.15) is 79.8 Å². The number of amides is 2. The second kappa shape index (κ2) is 13.4. The molecule has 200 valence electrons. The first-order valence-corrected chi connectivity index (χ1v) is 13.6. The van der Waals surface area contributed by atoms with Crippen LogP contribution in [-0.2, 0) is 9.59 Å². The highest BCUT2D eigenvalue weighted by atomic mass is 16.3. The molecule has 0 heterocycles. The van der Waals surface area contributed by atoms with Crippen molar-refractivity contribution in [3.05, 3.63) is 65.2 Å². The highest BCUT2D eigenvalue weighted by Gasteiger charge is 2.29. The van der Waals surface area contributed by atoms with Gasteiger partial charge in [-0.25, -0.2) is 0 Å². The highest BCUT2D eigenvalue weighted by Crippen LogP contribution is 2.30. The number of carbonyl (C=O) groups excluding carboxylic acids is 3. The smallest absolute Gasteiger partial charge is 0.251 e. The molecular formula is C31H37N3O4. The number of anilines is 1. The number of hydrogen-bond donors (Lipinski definition) is 4. The third-order valence-corrected chi connectivity index (χ3v) is 7.56. The summed E-state index contributed by atoms with van der Waals surface area (Å²) < 4.78 is 0. The zero-order valence-electron chi connectivity index (χ0n) is 22.0. The number of Topliss-reactive ketones (excluding diaryl/α,β-unsaturated/α-hetero) is 1. The van der Waals surface area contributed by atoms with Crippen LogP contribution in [0.4, 0.5) is 5.69 Å². The van der Waals surface area contributed by atoms with E-state index in [-0.39, 0.29) is 17.9 Å². The molecule has 2 saturated carbocycles. The van der Waals surface area contributed by atoms with Crippen molar-refractivity contribution in [2.45, 2.75) is 76.4 Å². The molecule has 2 aromatic rings. The maximum absolute atomic E-state index is 12.8. The molecule has 4 N–H and O–H groups in total. The summed E-state index contributed by atoms with van der Waals surface area (Å²) in [5, 5.41) is 18.5. The maximum Gasteiger partial charge on any atom is 0.251 e. The summed E-state index contributed by atoms with van der Waals surface area (Å²) >= 11 is 0. The molecule has 0 aromatic heterocycles. The zero-order chi connectivity index (χ0) is 26.9. The first-order chi connectivity index (χ1) is 18.4. The fraction of sp³-hybridized carbons (Fsp3) is 0.452. The predicted molar refractivity (Wildman–Crippen MR) is 148 cm³/mol. The molecule has 0 aliphatic heterocycles. The lowest BCUT2D eigenvalue weighted by Gasteiger charge is -2.33. The summed E-state index contributed by atoms with van der Waals surface area (Å²) in [6, 6.07) is 13.6. The topological polar surface area (TPSA) is 108 Å². The van der Waals surface area contributed by atoms with E-state index in [1.165, 1.54) is 19.3 Å². The second-order valence-electron chi connectivity index (χ2n) is 10.4. The number of hydrogen-bond acceptors (Lipinski definition) is 5. The molecular weight excluding hydrogens is 478 g/mol. The van der Waals surface area contributed by atoms with Crippen LogP contribution in [0.2, 0.25) is 0 Å². The van der Waals surface area contributed by atoms with E-state index in [1.54, 1.807) is 24.3 Å². The van der Waals surface area contributed by atoms with Crippen molar-refractivity contribution in [2.75, 3.05) is 11.9 Å². The number of aliphatic hydroxyl groups excluding tert-OH is 1. The van der Waals surface area contributed by atoms with E-state index in [2.05, 4.69) is 27.8 Å². The molecule has 2 aromatic carbocycles. The summed E-state index contributed by atoms with van der Waals surface area (Å²) in [5.74, 6) is 6.17. The van der Waals surface area contributed by atoms with Gasteiger partial charge < -0.3 is 21.1 Å². The molecule has 0 spiro atoms. The largest absolute Gasteiger partial charge is 0.388 e. The van der Waals surface area contributed by atoms with Gasteiger partial charge in [0, 0.05) is 40.9 Å².